The first-order valence-electron chi connectivity index (χ1n) is 9.52. The van der Waals surface area contributed by atoms with Gasteiger partial charge in [-0.05, 0) is 56.1 Å². The molecule has 2 aromatic heterocycles. The number of halogens is 2. The lowest BCUT2D eigenvalue weighted by molar-refractivity contribution is 0.134. The van der Waals surface area contributed by atoms with Gasteiger partial charge in [-0.25, -0.2) is 4.98 Å². The van der Waals surface area contributed by atoms with Gasteiger partial charge in [-0.2, -0.15) is 0 Å². The van der Waals surface area contributed by atoms with E-state index in [1.54, 1.807) is 6.07 Å². The Kier molecular flexibility index (Phi) is 5.31. The lowest BCUT2D eigenvalue weighted by Gasteiger charge is -2.35. The molecule has 1 aliphatic heterocycles. The molecule has 0 bridgehead atoms. The highest BCUT2D eigenvalue weighted by molar-refractivity contribution is 6.36. The number of anilines is 1. The lowest BCUT2D eigenvalue weighted by atomic mass is 9.99. The second-order valence-corrected chi connectivity index (χ2v) is 8.09. The number of hydrogen-bond donors (Lipinski definition) is 1. The minimum Gasteiger partial charge on any atom is -0.398 e. The average molecular weight is 403 g/mol. The Morgan fingerprint density at radius 1 is 1.19 bits per heavy atom. The molecule has 4 rings (SSSR count). The molecule has 4 nitrogen and oxygen atoms in total. The van der Waals surface area contributed by atoms with Crippen molar-refractivity contribution in [2.24, 2.45) is 0 Å². The Hall–Kier alpha value is -1.75. The van der Waals surface area contributed by atoms with E-state index in [4.69, 9.17) is 33.9 Å². The first-order valence-corrected chi connectivity index (χ1v) is 10.3. The molecule has 3 aromatic rings. The standard InChI is InChI=1S/C21H24Cl2N4/c1-2-16-5-3-4-10-26(16)13-19-21(17-8-6-14(22)11-18(17)23)25-20-9-7-15(24)12-27(19)20/h6-9,11-12,16H,2-5,10,13,24H2,1H3. The third kappa shape index (κ3) is 3.66. The van der Waals surface area contributed by atoms with E-state index in [2.05, 4.69) is 16.2 Å². The highest BCUT2D eigenvalue weighted by Gasteiger charge is 2.25. The van der Waals surface area contributed by atoms with Gasteiger partial charge in [-0.15, -0.1) is 0 Å². The molecule has 1 unspecified atom stereocenters. The van der Waals surface area contributed by atoms with Gasteiger partial charge in [0.15, 0.2) is 0 Å². The number of rotatable bonds is 4. The van der Waals surface area contributed by atoms with Crippen molar-refractivity contribution in [1.82, 2.24) is 14.3 Å². The van der Waals surface area contributed by atoms with Crippen LogP contribution in [0.3, 0.4) is 0 Å². The molecule has 0 spiro atoms. The highest BCUT2D eigenvalue weighted by Crippen LogP contribution is 2.34. The second kappa shape index (κ2) is 7.70. The van der Waals surface area contributed by atoms with Gasteiger partial charge in [0, 0.05) is 35.1 Å². The van der Waals surface area contributed by atoms with E-state index in [-0.39, 0.29) is 0 Å². The fourth-order valence-corrected chi connectivity index (χ4v) is 4.58. The number of aromatic nitrogens is 2. The molecule has 1 atom stereocenters. The molecule has 27 heavy (non-hydrogen) atoms. The molecule has 0 aliphatic carbocycles. The van der Waals surface area contributed by atoms with Crippen molar-refractivity contribution in [2.75, 3.05) is 12.3 Å². The molecule has 6 heteroatoms. The SMILES string of the molecule is CCC1CCCCN1Cc1c(-c2ccc(Cl)cc2Cl)nc2ccc(N)cn12. The van der Waals surface area contributed by atoms with Crippen molar-refractivity contribution in [3.8, 4) is 11.3 Å². The van der Waals surface area contributed by atoms with Crippen molar-refractivity contribution in [3.63, 3.8) is 0 Å². The molecule has 3 heterocycles. The van der Waals surface area contributed by atoms with E-state index in [9.17, 15) is 0 Å². The number of benzene rings is 1. The van der Waals surface area contributed by atoms with Crippen LogP contribution in [0.4, 0.5) is 5.69 Å². The zero-order valence-electron chi connectivity index (χ0n) is 15.5. The Bertz CT molecular complexity index is 966. The van der Waals surface area contributed by atoms with Crippen LogP contribution in [0.5, 0.6) is 0 Å². The predicted octanol–water partition coefficient (Wildman–Crippen LogP) is 5.65. The Labute approximate surface area is 169 Å². The summed E-state index contributed by atoms with van der Waals surface area (Å²) in [5.74, 6) is 0. The molecule has 2 N–H and O–H groups in total. The Morgan fingerprint density at radius 2 is 2.04 bits per heavy atom. The predicted molar refractivity (Wildman–Crippen MR) is 113 cm³/mol. The van der Waals surface area contributed by atoms with Crippen molar-refractivity contribution in [2.45, 2.75) is 45.2 Å². The molecule has 0 amide bonds. The topological polar surface area (TPSA) is 46.6 Å². The Balaban J connectivity index is 1.84. The summed E-state index contributed by atoms with van der Waals surface area (Å²) in [7, 11) is 0. The van der Waals surface area contributed by atoms with E-state index in [1.165, 1.54) is 19.3 Å². The number of nitrogens with two attached hydrogens (primary N) is 1. The fraction of sp³-hybridized carbons (Fsp3) is 0.381. The molecule has 1 aliphatic rings. The zero-order chi connectivity index (χ0) is 19.0. The minimum atomic E-state index is 0.610. The molecule has 1 fully saturated rings. The summed E-state index contributed by atoms with van der Waals surface area (Å²) in [4.78, 5) is 7.46. The monoisotopic (exact) mass is 402 g/mol. The summed E-state index contributed by atoms with van der Waals surface area (Å²) in [6.07, 6.45) is 6.93. The molecule has 0 saturated carbocycles. The number of imidazole rings is 1. The van der Waals surface area contributed by atoms with Gasteiger partial charge in [0.1, 0.15) is 5.65 Å². The normalized spacial score (nSPS) is 18.3. The molecule has 1 saturated heterocycles. The molecular weight excluding hydrogens is 379 g/mol. The molecular formula is C21H24Cl2N4. The summed E-state index contributed by atoms with van der Waals surface area (Å²) in [5, 5.41) is 1.24. The smallest absolute Gasteiger partial charge is 0.137 e. The molecule has 1 aromatic carbocycles. The summed E-state index contributed by atoms with van der Waals surface area (Å²) in [6.45, 7) is 4.21. The number of pyridine rings is 1. The number of nitrogen functional groups attached to an aromatic ring is 1. The van der Waals surface area contributed by atoms with Crippen LogP contribution in [0.2, 0.25) is 10.0 Å². The number of nitrogens with zero attached hydrogens (tertiary/aromatic N) is 3. The highest BCUT2D eigenvalue weighted by atomic mass is 35.5. The van der Waals surface area contributed by atoms with Gasteiger partial charge in [0.25, 0.3) is 0 Å². The van der Waals surface area contributed by atoms with Crippen LogP contribution in [0.25, 0.3) is 16.9 Å². The van der Waals surface area contributed by atoms with Gasteiger partial charge in [-0.3, -0.25) is 4.90 Å². The second-order valence-electron chi connectivity index (χ2n) is 7.25. The number of likely N-dealkylation sites (tertiary alicyclic amines) is 1. The van der Waals surface area contributed by atoms with Crippen molar-refractivity contribution < 1.29 is 0 Å². The quantitative estimate of drug-likeness (QED) is 0.612. The van der Waals surface area contributed by atoms with E-state index >= 15 is 0 Å². The number of hydrogen-bond acceptors (Lipinski definition) is 3. The van der Waals surface area contributed by atoms with Gasteiger partial charge in [-0.1, -0.05) is 36.5 Å². The van der Waals surface area contributed by atoms with Crippen molar-refractivity contribution >= 4 is 34.5 Å². The Morgan fingerprint density at radius 3 is 2.81 bits per heavy atom. The lowest BCUT2D eigenvalue weighted by Crippen LogP contribution is -2.38. The van der Waals surface area contributed by atoms with Crippen LogP contribution in [0.1, 0.15) is 38.3 Å². The average Bonchev–Trinajstić information content (AvgIpc) is 3.00. The molecule has 142 valence electrons. The van der Waals surface area contributed by atoms with Crippen LogP contribution >= 0.6 is 23.2 Å². The molecule has 0 radical (unpaired) electrons. The van der Waals surface area contributed by atoms with Crippen molar-refractivity contribution in [3.05, 3.63) is 52.3 Å². The summed E-state index contributed by atoms with van der Waals surface area (Å²) >= 11 is 12.6. The maximum atomic E-state index is 6.52. The maximum Gasteiger partial charge on any atom is 0.137 e. The summed E-state index contributed by atoms with van der Waals surface area (Å²) < 4.78 is 2.11. The van der Waals surface area contributed by atoms with E-state index in [1.807, 2.05) is 30.5 Å². The summed E-state index contributed by atoms with van der Waals surface area (Å²) in [5.41, 5.74) is 10.6. The van der Waals surface area contributed by atoms with Crippen molar-refractivity contribution in [1.29, 1.82) is 0 Å². The minimum absolute atomic E-state index is 0.610. The van der Waals surface area contributed by atoms with E-state index in [0.29, 0.717) is 16.1 Å². The number of piperidine rings is 1. The van der Waals surface area contributed by atoms with Crippen LogP contribution in [-0.4, -0.2) is 26.9 Å². The first kappa shape index (κ1) is 18.6. The third-order valence-electron chi connectivity index (χ3n) is 5.50. The maximum absolute atomic E-state index is 6.52. The van der Waals surface area contributed by atoms with Gasteiger partial charge in [0.05, 0.1) is 16.4 Å². The van der Waals surface area contributed by atoms with E-state index < -0.39 is 0 Å². The van der Waals surface area contributed by atoms with Crippen LogP contribution in [-0.2, 0) is 6.54 Å². The number of fused-ring (bicyclic) bond motifs is 1. The van der Waals surface area contributed by atoms with Crippen LogP contribution in [0, 0.1) is 0 Å². The van der Waals surface area contributed by atoms with Crippen LogP contribution < -0.4 is 5.73 Å². The third-order valence-corrected chi connectivity index (χ3v) is 6.05. The van der Waals surface area contributed by atoms with Gasteiger partial charge < -0.3 is 10.1 Å². The summed E-state index contributed by atoms with van der Waals surface area (Å²) in [6, 6.07) is 10.0. The first-order chi connectivity index (χ1) is 13.1. The zero-order valence-corrected chi connectivity index (χ0v) is 17.0. The fourth-order valence-electron chi connectivity index (χ4n) is 4.08. The van der Waals surface area contributed by atoms with E-state index in [0.717, 1.165) is 47.8 Å². The van der Waals surface area contributed by atoms with Gasteiger partial charge >= 0.3 is 0 Å². The largest absolute Gasteiger partial charge is 0.398 e. The van der Waals surface area contributed by atoms with Crippen LogP contribution in [0.15, 0.2) is 36.5 Å². The van der Waals surface area contributed by atoms with Gasteiger partial charge in [0.2, 0.25) is 0 Å².